The van der Waals surface area contributed by atoms with Crippen molar-refractivity contribution in [1.29, 1.82) is 0 Å². The molecule has 6 atom stereocenters. The van der Waals surface area contributed by atoms with Crippen LogP contribution in [0.3, 0.4) is 0 Å². The van der Waals surface area contributed by atoms with Gasteiger partial charge >= 0.3 is 0 Å². The number of aliphatic hydroxyl groups excluding tert-OH is 4. The fourth-order valence-electron chi connectivity index (χ4n) is 5.26. The SMILES string of the molecule is OC(Cc1ccccc1)[C@](O)(Cc1ccccc1)[C@@H](O)[C@H](O)[C@@](O)(Cc1ccccc1)C(O)Cc1ccccc1. The van der Waals surface area contributed by atoms with Crippen molar-refractivity contribution < 1.29 is 30.6 Å². The van der Waals surface area contributed by atoms with Gasteiger partial charge in [0, 0.05) is 25.7 Å². The monoisotopic (exact) mass is 542 g/mol. The third kappa shape index (κ3) is 7.04. The van der Waals surface area contributed by atoms with E-state index in [1.165, 1.54) is 0 Å². The van der Waals surface area contributed by atoms with Crippen molar-refractivity contribution in [2.75, 3.05) is 0 Å². The van der Waals surface area contributed by atoms with Crippen LogP contribution in [-0.2, 0) is 25.7 Å². The van der Waals surface area contributed by atoms with Crippen molar-refractivity contribution in [3.63, 3.8) is 0 Å². The molecule has 4 aromatic rings. The minimum Gasteiger partial charge on any atom is -0.390 e. The van der Waals surface area contributed by atoms with Crippen LogP contribution in [-0.4, -0.2) is 66.3 Å². The molecule has 0 saturated heterocycles. The molecule has 0 bridgehead atoms. The Labute approximate surface area is 235 Å². The molecule has 6 heteroatoms. The summed E-state index contributed by atoms with van der Waals surface area (Å²) < 4.78 is 0. The zero-order valence-corrected chi connectivity index (χ0v) is 22.4. The molecule has 0 aromatic heterocycles. The molecule has 0 amide bonds. The van der Waals surface area contributed by atoms with Gasteiger partial charge in [-0.3, -0.25) is 0 Å². The Kier molecular flexibility index (Phi) is 9.87. The first kappa shape index (κ1) is 29.6. The molecule has 210 valence electrons. The normalized spacial score (nSPS) is 17.6. The predicted molar refractivity (Wildman–Crippen MR) is 155 cm³/mol. The summed E-state index contributed by atoms with van der Waals surface area (Å²) in [5, 5.41) is 70.0. The lowest BCUT2D eigenvalue weighted by Gasteiger charge is -2.46. The van der Waals surface area contributed by atoms with Gasteiger partial charge in [-0.1, -0.05) is 121 Å². The van der Waals surface area contributed by atoms with Crippen molar-refractivity contribution in [3.8, 4) is 0 Å². The minimum absolute atomic E-state index is 0.00234. The molecule has 0 radical (unpaired) electrons. The molecular weight excluding hydrogens is 504 g/mol. The van der Waals surface area contributed by atoms with E-state index in [4.69, 9.17) is 0 Å². The Bertz CT molecular complexity index is 1180. The Morgan fingerprint density at radius 2 is 0.650 bits per heavy atom. The molecule has 6 N–H and O–H groups in total. The van der Waals surface area contributed by atoms with Crippen molar-refractivity contribution in [2.45, 2.75) is 61.3 Å². The van der Waals surface area contributed by atoms with Gasteiger partial charge < -0.3 is 30.6 Å². The summed E-state index contributed by atoms with van der Waals surface area (Å²) in [6.07, 6.45) is -7.46. The van der Waals surface area contributed by atoms with Crippen molar-refractivity contribution in [1.82, 2.24) is 0 Å². The average molecular weight is 543 g/mol. The molecule has 0 fully saturated rings. The number of hydrogen-bond donors (Lipinski definition) is 6. The van der Waals surface area contributed by atoms with E-state index in [-0.39, 0.29) is 25.7 Å². The van der Waals surface area contributed by atoms with Gasteiger partial charge in [-0.25, -0.2) is 0 Å². The molecule has 2 unspecified atom stereocenters. The molecule has 6 nitrogen and oxygen atoms in total. The van der Waals surface area contributed by atoms with E-state index in [1.807, 2.05) is 48.5 Å². The van der Waals surface area contributed by atoms with E-state index in [2.05, 4.69) is 0 Å². The maximum Gasteiger partial charge on any atom is 0.123 e. The predicted octanol–water partition coefficient (Wildman–Crippen LogP) is 2.86. The molecular formula is C34H38O6. The van der Waals surface area contributed by atoms with Gasteiger partial charge in [0.05, 0.1) is 12.2 Å². The third-order valence-corrected chi connectivity index (χ3v) is 7.68. The Hall–Kier alpha value is -3.36. The Morgan fingerprint density at radius 3 is 0.925 bits per heavy atom. The Balaban J connectivity index is 1.70. The van der Waals surface area contributed by atoms with Crippen LogP contribution in [0.5, 0.6) is 0 Å². The highest BCUT2D eigenvalue weighted by Crippen LogP contribution is 2.34. The van der Waals surface area contributed by atoms with Crippen molar-refractivity contribution >= 4 is 0 Å². The van der Waals surface area contributed by atoms with Gasteiger partial charge in [-0.2, -0.15) is 0 Å². The minimum atomic E-state index is -2.27. The highest BCUT2D eigenvalue weighted by atomic mass is 16.4. The van der Waals surface area contributed by atoms with E-state index in [9.17, 15) is 30.6 Å². The average Bonchev–Trinajstić information content (AvgIpc) is 2.98. The van der Waals surface area contributed by atoms with Gasteiger partial charge in [0.1, 0.15) is 23.4 Å². The quantitative estimate of drug-likeness (QED) is 0.155. The second-order valence-corrected chi connectivity index (χ2v) is 10.6. The van der Waals surface area contributed by atoms with E-state index in [0.29, 0.717) is 11.1 Å². The van der Waals surface area contributed by atoms with E-state index in [0.717, 1.165) is 11.1 Å². The number of aliphatic hydroxyl groups is 6. The first-order valence-corrected chi connectivity index (χ1v) is 13.5. The zero-order valence-electron chi connectivity index (χ0n) is 22.4. The summed E-state index contributed by atoms with van der Waals surface area (Å²) in [6.45, 7) is 0. The van der Waals surface area contributed by atoms with Crippen LogP contribution in [0.15, 0.2) is 121 Å². The number of rotatable bonds is 13. The second kappa shape index (κ2) is 13.3. The smallest absolute Gasteiger partial charge is 0.123 e. The first-order chi connectivity index (χ1) is 19.2. The summed E-state index contributed by atoms with van der Waals surface area (Å²) in [6, 6.07) is 35.8. The van der Waals surface area contributed by atoms with Gasteiger partial charge in [-0.05, 0) is 22.3 Å². The molecule has 0 heterocycles. The molecule has 0 aliphatic rings. The van der Waals surface area contributed by atoms with Gasteiger partial charge in [0.2, 0.25) is 0 Å². The first-order valence-electron chi connectivity index (χ1n) is 13.5. The fourth-order valence-corrected chi connectivity index (χ4v) is 5.26. The van der Waals surface area contributed by atoms with Crippen LogP contribution in [0, 0.1) is 0 Å². The molecule has 0 aliphatic heterocycles. The lowest BCUT2D eigenvalue weighted by Crippen LogP contribution is -2.67. The van der Waals surface area contributed by atoms with Crippen LogP contribution < -0.4 is 0 Å². The molecule has 40 heavy (non-hydrogen) atoms. The highest BCUT2D eigenvalue weighted by molar-refractivity contribution is 5.25. The summed E-state index contributed by atoms with van der Waals surface area (Å²) in [7, 11) is 0. The standard InChI is InChI=1S/C34H38O6/c35-29(21-25-13-5-1-6-14-25)33(39,23-27-17-9-3-10-18-27)31(37)32(38)34(40,24-28-19-11-4-12-20-28)30(36)22-26-15-7-2-8-16-26/h1-20,29-32,35-40H,21-24H2/t29?,30?,31-,32-,33+,34+/m0/s1. The third-order valence-electron chi connectivity index (χ3n) is 7.68. The molecule has 0 spiro atoms. The number of benzene rings is 4. The summed E-state index contributed by atoms with van der Waals surface area (Å²) in [4.78, 5) is 0. The zero-order chi connectivity index (χ0) is 28.6. The highest BCUT2D eigenvalue weighted by Gasteiger charge is 2.54. The topological polar surface area (TPSA) is 121 Å². The van der Waals surface area contributed by atoms with E-state index in [1.54, 1.807) is 72.8 Å². The lowest BCUT2D eigenvalue weighted by molar-refractivity contribution is -0.232. The summed E-state index contributed by atoms with van der Waals surface area (Å²) in [5.41, 5.74) is -1.83. The molecule has 0 saturated carbocycles. The van der Waals surface area contributed by atoms with E-state index >= 15 is 0 Å². The molecule has 4 rings (SSSR count). The molecule has 0 aliphatic carbocycles. The van der Waals surface area contributed by atoms with Crippen molar-refractivity contribution in [3.05, 3.63) is 144 Å². The second-order valence-electron chi connectivity index (χ2n) is 10.6. The van der Waals surface area contributed by atoms with Gasteiger partial charge in [-0.15, -0.1) is 0 Å². The maximum absolute atomic E-state index is 12.0. The van der Waals surface area contributed by atoms with Crippen LogP contribution in [0.25, 0.3) is 0 Å². The van der Waals surface area contributed by atoms with Crippen LogP contribution in [0.1, 0.15) is 22.3 Å². The summed E-state index contributed by atoms with van der Waals surface area (Å²) in [5.74, 6) is 0. The van der Waals surface area contributed by atoms with Gasteiger partial charge in [0.25, 0.3) is 0 Å². The maximum atomic E-state index is 12.0. The van der Waals surface area contributed by atoms with Crippen LogP contribution >= 0.6 is 0 Å². The largest absolute Gasteiger partial charge is 0.390 e. The van der Waals surface area contributed by atoms with Crippen LogP contribution in [0.2, 0.25) is 0 Å². The van der Waals surface area contributed by atoms with Crippen molar-refractivity contribution in [2.24, 2.45) is 0 Å². The van der Waals surface area contributed by atoms with Gasteiger partial charge in [0.15, 0.2) is 0 Å². The Morgan fingerprint density at radius 1 is 0.400 bits per heavy atom. The van der Waals surface area contributed by atoms with E-state index < -0.39 is 35.6 Å². The van der Waals surface area contributed by atoms with Crippen LogP contribution in [0.4, 0.5) is 0 Å². The summed E-state index contributed by atoms with van der Waals surface area (Å²) >= 11 is 0. The fraction of sp³-hybridized carbons (Fsp3) is 0.294. The lowest BCUT2D eigenvalue weighted by atomic mass is 9.72. The number of hydrogen-bond acceptors (Lipinski definition) is 6. The molecule has 4 aromatic carbocycles.